The van der Waals surface area contributed by atoms with Crippen molar-refractivity contribution < 1.29 is 18.9 Å². The van der Waals surface area contributed by atoms with Crippen LogP contribution in [-0.4, -0.2) is 75.7 Å². The van der Waals surface area contributed by atoms with E-state index in [2.05, 4.69) is 29.3 Å². The Balaban J connectivity index is 1.61. The first-order valence-corrected chi connectivity index (χ1v) is 11.4. The molecule has 7 nitrogen and oxygen atoms in total. The Labute approximate surface area is 180 Å². The van der Waals surface area contributed by atoms with Gasteiger partial charge >= 0.3 is 0 Å². The van der Waals surface area contributed by atoms with Crippen molar-refractivity contribution in [1.82, 2.24) is 10.2 Å². The standard InChI is InChI=1S/C23H37N3O4/c1-4-24-23(26-13-15-30-22(17-26)19-8-7-14-29-19)25-12-11-18-9-10-20(27-5-2)21(16-18)28-6-3/h9-10,16,19,22H,4-8,11-15,17H2,1-3H3,(H,24,25). The highest BCUT2D eigenvalue weighted by molar-refractivity contribution is 5.80. The van der Waals surface area contributed by atoms with E-state index >= 15 is 0 Å². The second kappa shape index (κ2) is 12.0. The van der Waals surface area contributed by atoms with E-state index in [-0.39, 0.29) is 12.2 Å². The number of nitrogens with zero attached hydrogens (tertiary/aromatic N) is 2. The molecule has 2 heterocycles. The fourth-order valence-electron chi connectivity index (χ4n) is 3.96. The lowest BCUT2D eigenvalue weighted by atomic mass is 10.1. The molecule has 0 saturated carbocycles. The molecular weight excluding hydrogens is 382 g/mol. The zero-order valence-corrected chi connectivity index (χ0v) is 18.7. The molecule has 0 aliphatic carbocycles. The van der Waals surface area contributed by atoms with E-state index in [9.17, 15) is 0 Å². The molecule has 30 heavy (non-hydrogen) atoms. The summed E-state index contributed by atoms with van der Waals surface area (Å²) in [5, 5.41) is 3.44. The lowest BCUT2D eigenvalue weighted by molar-refractivity contribution is -0.0817. The van der Waals surface area contributed by atoms with Gasteiger partial charge in [0, 0.05) is 32.8 Å². The van der Waals surface area contributed by atoms with Gasteiger partial charge in [0.15, 0.2) is 17.5 Å². The predicted molar refractivity (Wildman–Crippen MR) is 119 cm³/mol. The molecule has 0 bridgehead atoms. The Hall–Kier alpha value is -1.99. The van der Waals surface area contributed by atoms with Crippen molar-refractivity contribution in [3.63, 3.8) is 0 Å². The molecule has 0 spiro atoms. The van der Waals surface area contributed by atoms with Crippen LogP contribution >= 0.6 is 0 Å². The van der Waals surface area contributed by atoms with Crippen LogP contribution in [0.4, 0.5) is 0 Å². The van der Waals surface area contributed by atoms with Crippen LogP contribution in [0.25, 0.3) is 0 Å². The van der Waals surface area contributed by atoms with E-state index in [1.165, 1.54) is 5.56 Å². The molecule has 0 radical (unpaired) electrons. The van der Waals surface area contributed by atoms with Crippen molar-refractivity contribution in [2.75, 3.05) is 52.6 Å². The van der Waals surface area contributed by atoms with Gasteiger partial charge in [-0.25, -0.2) is 0 Å². The van der Waals surface area contributed by atoms with Crippen LogP contribution in [0, 0.1) is 0 Å². The minimum absolute atomic E-state index is 0.130. The topological polar surface area (TPSA) is 64.6 Å². The molecule has 1 N–H and O–H groups in total. The van der Waals surface area contributed by atoms with Crippen molar-refractivity contribution in [3.05, 3.63) is 23.8 Å². The van der Waals surface area contributed by atoms with Crippen molar-refractivity contribution in [2.45, 2.75) is 52.2 Å². The molecule has 0 amide bonds. The second-order valence-electron chi connectivity index (χ2n) is 7.54. The highest BCUT2D eigenvalue weighted by Gasteiger charge is 2.32. The average Bonchev–Trinajstić information content (AvgIpc) is 3.30. The second-order valence-corrected chi connectivity index (χ2v) is 7.54. The van der Waals surface area contributed by atoms with E-state index < -0.39 is 0 Å². The van der Waals surface area contributed by atoms with Crippen molar-refractivity contribution in [3.8, 4) is 11.5 Å². The van der Waals surface area contributed by atoms with Gasteiger partial charge in [0.05, 0.1) is 25.9 Å². The molecule has 3 rings (SSSR count). The highest BCUT2D eigenvalue weighted by Crippen LogP contribution is 2.28. The fraction of sp³-hybridized carbons (Fsp3) is 0.696. The van der Waals surface area contributed by atoms with E-state index in [1.807, 2.05) is 19.9 Å². The summed E-state index contributed by atoms with van der Waals surface area (Å²) in [6.45, 7) is 12.1. The highest BCUT2D eigenvalue weighted by atomic mass is 16.5. The molecule has 7 heteroatoms. The molecule has 2 saturated heterocycles. The lowest BCUT2D eigenvalue weighted by Crippen LogP contribution is -2.53. The molecule has 1 aromatic carbocycles. The third-order valence-corrected chi connectivity index (χ3v) is 5.38. The summed E-state index contributed by atoms with van der Waals surface area (Å²) in [5.41, 5.74) is 1.20. The Bertz CT molecular complexity index is 676. The quantitative estimate of drug-likeness (QED) is 0.491. The van der Waals surface area contributed by atoms with Gasteiger partial charge in [0.2, 0.25) is 0 Å². The first-order chi connectivity index (χ1) is 14.7. The number of aliphatic imine (C=N–C) groups is 1. The maximum Gasteiger partial charge on any atom is 0.194 e. The Kier molecular flexibility index (Phi) is 9.08. The van der Waals surface area contributed by atoms with Gasteiger partial charge in [-0.3, -0.25) is 4.99 Å². The van der Waals surface area contributed by atoms with E-state index in [4.69, 9.17) is 23.9 Å². The number of hydrogen-bond donors (Lipinski definition) is 1. The van der Waals surface area contributed by atoms with Crippen LogP contribution in [0.2, 0.25) is 0 Å². The van der Waals surface area contributed by atoms with Crippen LogP contribution in [-0.2, 0) is 15.9 Å². The van der Waals surface area contributed by atoms with E-state index in [1.54, 1.807) is 0 Å². The molecular formula is C23H37N3O4. The molecule has 2 atom stereocenters. The summed E-state index contributed by atoms with van der Waals surface area (Å²) >= 11 is 0. The molecule has 2 fully saturated rings. The first-order valence-electron chi connectivity index (χ1n) is 11.4. The summed E-state index contributed by atoms with van der Waals surface area (Å²) in [4.78, 5) is 7.20. The van der Waals surface area contributed by atoms with E-state index in [0.29, 0.717) is 26.4 Å². The maximum absolute atomic E-state index is 5.99. The smallest absolute Gasteiger partial charge is 0.194 e. The minimum Gasteiger partial charge on any atom is -0.490 e. The Morgan fingerprint density at radius 1 is 1.10 bits per heavy atom. The maximum atomic E-state index is 5.99. The Morgan fingerprint density at radius 2 is 1.90 bits per heavy atom. The predicted octanol–water partition coefficient (Wildman–Crippen LogP) is 2.87. The van der Waals surface area contributed by atoms with Gasteiger partial charge < -0.3 is 29.2 Å². The number of ether oxygens (including phenoxy) is 4. The van der Waals surface area contributed by atoms with Crippen LogP contribution < -0.4 is 14.8 Å². The van der Waals surface area contributed by atoms with Crippen LogP contribution in [0.3, 0.4) is 0 Å². The van der Waals surface area contributed by atoms with Crippen molar-refractivity contribution >= 4 is 5.96 Å². The number of rotatable bonds is 9. The minimum atomic E-state index is 0.130. The third kappa shape index (κ3) is 6.25. The lowest BCUT2D eigenvalue weighted by Gasteiger charge is -2.37. The fourth-order valence-corrected chi connectivity index (χ4v) is 3.96. The normalized spacial score (nSPS) is 22.2. The van der Waals surface area contributed by atoms with E-state index in [0.717, 1.165) is 63.0 Å². The molecule has 1 aromatic rings. The van der Waals surface area contributed by atoms with Gasteiger partial charge in [0.1, 0.15) is 6.10 Å². The zero-order chi connectivity index (χ0) is 21.2. The van der Waals surface area contributed by atoms with Gasteiger partial charge in [-0.05, 0) is 57.7 Å². The summed E-state index contributed by atoms with van der Waals surface area (Å²) in [5.74, 6) is 2.56. The first kappa shape index (κ1) is 22.7. The van der Waals surface area contributed by atoms with Crippen molar-refractivity contribution in [2.24, 2.45) is 4.99 Å². The van der Waals surface area contributed by atoms with Crippen molar-refractivity contribution in [1.29, 1.82) is 0 Å². The molecule has 2 aliphatic heterocycles. The van der Waals surface area contributed by atoms with Gasteiger partial charge in [-0.2, -0.15) is 0 Å². The van der Waals surface area contributed by atoms with Gasteiger partial charge in [-0.15, -0.1) is 0 Å². The summed E-state index contributed by atoms with van der Waals surface area (Å²) in [7, 11) is 0. The number of nitrogens with one attached hydrogen (secondary N) is 1. The summed E-state index contributed by atoms with van der Waals surface area (Å²) in [6.07, 6.45) is 3.42. The largest absolute Gasteiger partial charge is 0.490 e. The number of hydrogen-bond acceptors (Lipinski definition) is 5. The summed E-state index contributed by atoms with van der Waals surface area (Å²) < 4.78 is 23.2. The average molecular weight is 420 g/mol. The summed E-state index contributed by atoms with van der Waals surface area (Å²) in [6, 6.07) is 6.16. The number of guanidine groups is 1. The van der Waals surface area contributed by atoms with Crippen LogP contribution in [0.5, 0.6) is 11.5 Å². The number of benzene rings is 1. The molecule has 2 unspecified atom stereocenters. The molecule has 0 aromatic heterocycles. The van der Waals surface area contributed by atoms with Gasteiger partial charge in [-0.1, -0.05) is 6.07 Å². The van der Waals surface area contributed by atoms with Crippen LogP contribution in [0.1, 0.15) is 39.2 Å². The Morgan fingerprint density at radius 3 is 2.63 bits per heavy atom. The third-order valence-electron chi connectivity index (χ3n) is 5.38. The number of morpholine rings is 1. The molecule has 2 aliphatic rings. The molecule has 168 valence electrons. The zero-order valence-electron chi connectivity index (χ0n) is 18.7. The van der Waals surface area contributed by atoms with Crippen LogP contribution in [0.15, 0.2) is 23.2 Å². The SMILES string of the molecule is CCNC(=NCCc1ccc(OCC)c(OCC)c1)N1CCOC(C2CCCO2)C1. The van der Waals surface area contributed by atoms with Gasteiger partial charge in [0.25, 0.3) is 0 Å². The monoisotopic (exact) mass is 419 g/mol.